The van der Waals surface area contributed by atoms with Crippen LogP contribution in [0.2, 0.25) is 0 Å². The summed E-state index contributed by atoms with van der Waals surface area (Å²) >= 11 is 0. The monoisotopic (exact) mass is 196 g/mol. The Morgan fingerprint density at radius 2 is 1.86 bits per heavy atom. The van der Waals surface area contributed by atoms with E-state index in [4.69, 9.17) is 4.74 Å². The van der Waals surface area contributed by atoms with Gasteiger partial charge in [-0.2, -0.15) is 0 Å². The van der Waals surface area contributed by atoms with Gasteiger partial charge in [-0.25, -0.2) is 0 Å². The first-order valence-corrected chi connectivity index (χ1v) is 5.92. The molecule has 0 aromatic heterocycles. The highest BCUT2D eigenvalue weighted by Gasteiger charge is 2.31. The van der Waals surface area contributed by atoms with E-state index in [1.165, 1.54) is 12.8 Å². The molecule has 2 fully saturated rings. The number of Topliss-reactive ketones (excluding diaryl/α,β-unsaturated/α-hetero) is 1. The number of carbonyl (C=O) groups excluding carboxylic acids is 1. The maximum atomic E-state index is 12.0. The van der Waals surface area contributed by atoms with Crippen molar-refractivity contribution in [3.63, 3.8) is 0 Å². The van der Waals surface area contributed by atoms with Crippen LogP contribution in [0.3, 0.4) is 0 Å². The summed E-state index contributed by atoms with van der Waals surface area (Å²) in [6.07, 6.45) is 6.63. The summed E-state index contributed by atoms with van der Waals surface area (Å²) in [4.78, 5) is 12.0. The molecule has 14 heavy (non-hydrogen) atoms. The van der Waals surface area contributed by atoms with Crippen molar-refractivity contribution >= 4 is 5.78 Å². The fourth-order valence-corrected chi connectivity index (χ4v) is 2.61. The van der Waals surface area contributed by atoms with Gasteiger partial charge >= 0.3 is 0 Å². The smallest absolute Gasteiger partial charge is 0.164 e. The second-order valence-corrected chi connectivity index (χ2v) is 4.86. The standard InChI is InChI=1S/C12H20O2/c1-9-4-6-10(7-5-9)12(13)11-3-2-8-14-11/h9-11H,2-8H2,1H3. The minimum absolute atomic E-state index is 0.0478. The number of hydrogen-bond acceptors (Lipinski definition) is 2. The minimum Gasteiger partial charge on any atom is -0.370 e. The van der Waals surface area contributed by atoms with Gasteiger partial charge in [0.1, 0.15) is 6.10 Å². The van der Waals surface area contributed by atoms with Crippen LogP contribution in [0.15, 0.2) is 0 Å². The van der Waals surface area contributed by atoms with Gasteiger partial charge in [0, 0.05) is 12.5 Å². The predicted octanol–water partition coefficient (Wildman–Crippen LogP) is 2.56. The van der Waals surface area contributed by atoms with Gasteiger partial charge in [0.15, 0.2) is 5.78 Å². The Labute approximate surface area is 86.0 Å². The summed E-state index contributed by atoms with van der Waals surface area (Å²) in [5.74, 6) is 1.53. The third kappa shape index (κ3) is 2.17. The molecule has 1 heterocycles. The summed E-state index contributed by atoms with van der Waals surface area (Å²) in [6.45, 7) is 3.08. The molecular formula is C12H20O2. The van der Waals surface area contributed by atoms with Crippen LogP contribution in [0.5, 0.6) is 0 Å². The third-order valence-corrected chi connectivity index (χ3v) is 3.67. The van der Waals surface area contributed by atoms with Crippen molar-refractivity contribution in [3.05, 3.63) is 0 Å². The molecule has 2 heteroatoms. The lowest BCUT2D eigenvalue weighted by molar-refractivity contribution is -0.133. The molecular weight excluding hydrogens is 176 g/mol. The Morgan fingerprint density at radius 3 is 2.43 bits per heavy atom. The second-order valence-electron chi connectivity index (χ2n) is 4.86. The Hall–Kier alpha value is -0.370. The lowest BCUT2D eigenvalue weighted by Crippen LogP contribution is -2.30. The zero-order valence-corrected chi connectivity index (χ0v) is 9.00. The van der Waals surface area contributed by atoms with Gasteiger partial charge in [-0.3, -0.25) is 4.79 Å². The molecule has 80 valence electrons. The van der Waals surface area contributed by atoms with E-state index >= 15 is 0 Å². The number of hydrogen-bond donors (Lipinski definition) is 0. The fourth-order valence-electron chi connectivity index (χ4n) is 2.61. The van der Waals surface area contributed by atoms with E-state index in [0.717, 1.165) is 38.2 Å². The molecule has 1 atom stereocenters. The first-order chi connectivity index (χ1) is 6.77. The Morgan fingerprint density at radius 1 is 1.14 bits per heavy atom. The van der Waals surface area contributed by atoms with Gasteiger partial charge in [-0.15, -0.1) is 0 Å². The molecule has 2 rings (SSSR count). The molecule has 0 bridgehead atoms. The van der Waals surface area contributed by atoms with Crippen LogP contribution in [0.25, 0.3) is 0 Å². The molecule has 1 saturated carbocycles. The maximum absolute atomic E-state index is 12.0. The first-order valence-electron chi connectivity index (χ1n) is 5.92. The van der Waals surface area contributed by atoms with Crippen molar-refractivity contribution in [2.45, 2.75) is 51.6 Å². The molecule has 1 saturated heterocycles. The lowest BCUT2D eigenvalue weighted by Gasteiger charge is -2.26. The number of rotatable bonds is 2. The van der Waals surface area contributed by atoms with E-state index in [0.29, 0.717) is 11.7 Å². The van der Waals surface area contributed by atoms with E-state index < -0.39 is 0 Å². The highest BCUT2D eigenvalue weighted by atomic mass is 16.5. The summed E-state index contributed by atoms with van der Waals surface area (Å²) in [5.41, 5.74) is 0. The first kappa shape index (κ1) is 10.2. The van der Waals surface area contributed by atoms with Crippen LogP contribution in [0, 0.1) is 11.8 Å². The highest BCUT2D eigenvalue weighted by Crippen LogP contribution is 2.31. The van der Waals surface area contributed by atoms with E-state index in [2.05, 4.69) is 6.92 Å². The van der Waals surface area contributed by atoms with Gasteiger partial charge in [-0.1, -0.05) is 19.8 Å². The molecule has 0 N–H and O–H groups in total. The van der Waals surface area contributed by atoms with Crippen LogP contribution in [0.1, 0.15) is 45.4 Å². The zero-order chi connectivity index (χ0) is 9.97. The molecule has 0 spiro atoms. The van der Waals surface area contributed by atoms with Gasteiger partial charge in [0.2, 0.25) is 0 Å². The van der Waals surface area contributed by atoms with E-state index in [1.807, 2.05) is 0 Å². The Bertz CT molecular complexity index is 198. The summed E-state index contributed by atoms with van der Waals surface area (Å²) in [6, 6.07) is 0. The average Bonchev–Trinajstić information content (AvgIpc) is 2.71. The van der Waals surface area contributed by atoms with Crippen molar-refractivity contribution in [1.82, 2.24) is 0 Å². The van der Waals surface area contributed by atoms with Gasteiger partial charge < -0.3 is 4.74 Å². The van der Waals surface area contributed by atoms with Crippen LogP contribution in [0.4, 0.5) is 0 Å². The van der Waals surface area contributed by atoms with E-state index in [9.17, 15) is 4.79 Å². The normalized spacial score (nSPS) is 38.5. The Kier molecular flexibility index (Phi) is 3.22. The van der Waals surface area contributed by atoms with Crippen molar-refractivity contribution < 1.29 is 9.53 Å². The van der Waals surface area contributed by atoms with Crippen LogP contribution in [-0.4, -0.2) is 18.5 Å². The summed E-state index contributed by atoms with van der Waals surface area (Å²) in [7, 11) is 0. The van der Waals surface area contributed by atoms with Crippen LogP contribution < -0.4 is 0 Å². The fraction of sp³-hybridized carbons (Fsp3) is 0.917. The molecule has 1 unspecified atom stereocenters. The summed E-state index contributed by atoms with van der Waals surface area (Å²) < 4.78 is 5.45. The molecule has 0 aromatic carbocycles. The second kappa shape index (κ2) is 4.43. The van der Waals surface area contributed by atoms with Crippen molar-refractivity contribution in [2.75, 3.05) is 6.61 Å². The van der Waals surface area contributed by atoms with Gasteiger partial charge in [-0.05, 0) is 31.6 Å². The van der Waals surface area contributed by atoms with Gasteiger partial charge in [0.05, 0.1) is 0 Å². The van der Waals surface area contributed by atoms with Crippen molar-refractivity contribution in [1.29, 1.82) is 0 Å². The topological polar surface area (TPSA) is 26.3 Å². The molecule has 0 radical (unpaired) electrons. The van der Waals surface area contributed by atoms with Crippen molar-refractivity contribution in [2.24, 2.45) is 11.8 Å². The molecule has 1 aliphatic carbocycles. The van der Waals surface area contributed by atoms with Gasteiger partial charge in [0.25, 0.3) is 0 Å². The lowest BCUT2D eigenvalue weighted by atomic mass is 9.79. The molecule has 0 amide bonds. The predicted molar refractivity (Wildman–Crippen MR) is 55.1 cm³/mol. The number of ether oxygens (including phenoxy) is 1. The SMILES string of the molecule is CC1CCC(C(=O)C2CCCO2)CC1. The number of carbonyl (C=O) groups is 1. The molecule has 2 nitrogen and oxygen atoms in total. The third-order valence-electron chi connectivity index (χ3n) is 3.67. The quantitative estimate of drug-likeness (QED) is 0.678. The largest absolute Gasteiger partial charge is 0.370 e. The number of ketones is 1. The Balaban J connectivity index is 1.85. The maximum Gasteiger partial charge on any atom is 0.164 e. The molecule has 1 aliphatic heterocycles. The van der Waals surface area contributed by atoms with Crippen LogP contribution >= 0.6 is 0 Å². The molecule has 0 aromatic rings. The highest BCUT2D eigenvalue weighted by molar-refractivity contribution is 5.85. The van der Waals surface area contributed by atoms with E-state index in [1.54, 1.807) is 0 Å². The van der Waals surface area contributed by atoms with Crippen LogP contribution in [-0.2, 0) is 9.53 Å². The van der Waals surface area contributed by atoms with E-state index in [-0.39, 0.29) is 6.10 Å². The minimum atomic E-state index is -0.0478. The average molecular weight is 196 g/mol. The molecule has 2 aliphatic rings. The zero-order valence-electron chi connectivity index (χ0n) is 9.00. The van der Waals surface area contributed by atoms with Crippen molar-refractivity contribution in [3.8, 4) is 0 Å². The summed E-state index contributed by atoms with van der Waals surface area (Å²) in [5, 5.41) is 0.